The largest absolute Gasteiger partial charge is 0.326 e. The Kier molecular flexibility index (Phi) is 2.57. The van der Waals surface area contributed by atoms with Crippen LogP contribution >= 0.6 is 0 Å². The van der Waals surface area contributed by atoms with E-state index in [-0.39, 0.29) is 0 Å². The molecule has 2 N–H and O–H groups in total. The third-order valence-corrected chi connectivity index (χ3v) is 3.26. The average molecular weight is 191 g/mol. The molecule has 0 aromatic heterocycles. The Bertz CT molecular complexity index is 322. The van der Waals surface area contributed by atoms with E-state index in [2.05, 4.69) is 31.3 Å². The van der Waals surface area contributed by atoms with Gasteiger partial charge in [0.25, 0.3) is 0 Å². The standard InChI is InChI=1S/C12H19N2/c1-14(9-7-13)8-6-11-4-2-3-5-12(11)10-14/h2-5H,6-10,13H2,1H3/q+1. The van der Waals surface area contributed by atoms with Crippen molar-refractivity contribution in [3.8, 4) is 0 Å². The van der Waals surface area contributed by atoms with Crippen molar-refractivity contribution in [3.05, 3.63) is 35.4 Å². The Morgan fingerprint density at radius 1 is 1.29 bits per heavy atom. The van der Waals surface area contributed by atoms with E-state index in [0.717, 1.165) is 24.1 Å². The Labute approximate surface area is 85.9 Å². The Morgan fingerprint density at radius 3 is 2.71 bits per heavy atom. The van der Waals surface area contributed by atoms with Gasteiger partial charge in [-0.3, -0.25) is 0 Å². The van der Waals surface area contributed by atoms with Crippen LogP contribution in [0.15, 0.2) is 24.3 Å². The summed E-state index contributed by atoms with van der Waals surface area (Å²) in [5.41, 5.74) is 8.69. The number of likely N-dealkylation sites (N-methyl/N-ethyl adjacent to an activating group) is 1. The maximum absolute atomic E-state index is 5.65. The third kappa shape index (κ3) is 1.81. The summed E-state index contributed by atoms with van der Waals surface area (Å²) >= 11 is 0. The summed E-state index contributed by atoms with van der Waals surface area (Å²) in [5, 5.41) is 0. The highest BCUT2D eigenvalue weighted by Gasteiger charge is 2.26. The van der Waals surface area contributed by atoms with E-state index >= 15 is 0 Å². The van der Waals surface area contributed by atoms with Crippen molar-refractivity contribution in [2.75, 3.05) is 26.7 Å². The lowest BCUT2D eigenvalue weighted by molar-refractivity contribution is -0.923. The van der Waals surface area contributed by atoms with Crippen molar-refractivity contribution in [1.29, 1.82) is 0 Å². The van der Waals surface area contributed by atoms with Crippen LogP contribution in [0.4, 0.5) is 0 Å². The second kappa shape index (κ2) is 3.71. The molecule has 76 valence electrons. The van der Waals surface area contributed by atoms with Crippen LogP contribution in [-0.2, 0) is 13.0 Å². The lowest BCUT2D eigenvalue weighted by Crippen LogP contribution is -2.50. The molecule has 0 aliphatic carbocycles. The second-order valence-corrected chi connectivity index (χ2v) is 4.53. The first-order valence-electron chi connectivity index (χ1n) is 5.34. The molecule has 0 radical (unpaired) electrons. The van der Waals surface area contributed by atoms with E-state index in [9.17, 15) is 0 Å². The molecule has 2 heteroatoms. The molecule has 14 heavy (non-hydrogen) atoms. The predicted octanol–water partition coefficient (Wildman–Crippen LogP) is 1.15. The first-order chi connectivity index (χ1) is 6.73. The molecule has 2 nitrogen and oxygen atoms in total. The Morgan fingerprint density at radius 2 is 2.00 bits per heavy atom. The van der Waals surface area contributed by atoms with Crippen molar-refractivity contribution >= 4 is 0 Å². The molecule has 1 aromatic rings. The number of nitrogens with two attached hydrogens (primary N) is 1. The number of benzene rings is 1. The summed E-state index contributed by atoms with van der Waals surface area (Å²) in [6.45, 7) is 4.26. The minimum atomic E-state index is 0.790. The van der Waals surface area contributed by atoms with Gasteiger partial charge in [0.1, 0.15) is 6.54 Å². The highest BCUT2D eigenvalue weighted by molar-refractivity contribution is 5.27. The van der Waals surface area contributed by atoms with Gasteiger partial charge in [0, 0.05) is 18.5 Å². The van der Waals surface area contributed by atoms with Crippen LogP contribution in [0.1, 0.15) is 11.1 Å². The van der Waals surface area contributed by atoms with Crippen LogP contribution in [0.25, 0.3) is 0 Å². The van der Waals surface area contributed by atoms with Gasteiger partial charge < -0.3 is 10.2 Å². The molecule has 0 saturated carbocycles. The molecule has 0 amide bonds. The number of quaternary nitrogens is 1. The molecule has 0 fully saturated rings. The van der Waals surface area contributed by atoms with Crippen molar-refractivity contribution < 1.29 is 4.48 Å². The molecular formula is C12H19N2+. The lowest BCUT2D eigenvalue weighted by atomic mass is 9.98. The molecule has 2 rings (SSSR count). The first-order valence-corrected chi connectivity index (χ1v) is 5.34. The van der Waals surface area contributed by atoms with Crippen molar-refractivity contribution in [2.24, 2.45) is 5.73 Å². The molecule has 1 aromatic carbocycles. The van der Waals surface area contributed by atoms with Crippen LogP contribution < -0.4 is 5.73 Å². The second-order valence-electron chi connectivity index (χ2n) is 4.53. The zero-order valence-electron chi connectivity index (χ0n) is 8.87. The molecular weight excluding hydrogens is 172 g/mol. The molecule has 1 heterocycles. The van der Waals surface area contributed by atoms with E-state index in [1.54, 1.807) is 0 Å². The molecule has 1 atom stereocenters. The van der Waals surface area contributed by atoms with Crippen LogP contribution in [-0.4, -0.2) is 31.2 Å². The number of fused-ring (bicyclic) bond motifs is 1. The predicted molar refractivity (Wildman–Crippen MR) is 58.8 cm³/mol. The number of nitrogens with zero attached hydrogens (tertiary/aromatic N) is 1. The SMILES string of the molecule is C[N+]1(CCN)CCc2ccccc2C1. The quantitative estimate of drug-likeness (QED) is 0.697. The van der Waals surface area contributed by atoms with Gasteiger partial charge in [0.05, 0.1) is 20.1 Å². The van der Waals surface area contributed by atoms with E-state index in [0.29, 0.717) is 0 Å². The normalized spacial score (nSPS) is 25.9. The summed E-state index contributed by atoms with van der Waals surface area (Å²) in [5.74, 6) is 0. The highest BCUT2D eigenvalue weighted by Crippen LogP contribution is 2.22. The van der Waals surface area contributed by atoms with Crippen LogP contribution in [0.2, 0.25) is 0 Å². The first kappa shape index (κ1) is 9.69. The van der Waals surface area contributed by atoms with E-state index in [1.807, 2.05) is 0 Å². The van der Waals surface area contributed by atoms with Gasteiger partial charge in [-0.15, -0.1) is 0 Å². The molecule has 1 unspecified atom stereocenters. The monoisotopic (exact) mass is 191 g/mol. The van der Waals surface area contributed by atoms with Gasteiger partial charge in [-0.2, -0.15) is 0 Å². The topological polar surface area (TPSA) is 26.0 Å². The molecule has 1 aliphatic rings. The number of rotatable bonds is 2. The van der Waals surface area contributed by atoms with Gasteiger partial charge in [-0.25, -0.2) is 0 Å². The summed E-state index contributed by atoms with van der Waals surface area (Å²) in [6, 6.07) is 8.77. The third-order valence-electron chi connectivity index (χ3n) is 3.26. The maximum Gasteiger partial charge on any atom is 0.104 e. The van der Waals surface area contributed by atoms with E-state index < -0.39 is 0 Å². The van der Waals surface area contributed by atoms with Gasteiger partial charge in [0.15, 0.2) is 0 Å². The summed E-state index contributed by atoms with van der Waals surface area (Å²) < 4.78 is 1.10. The lowest BCUT2D eigenvalue weighted by Gasteiger charge is -2.38. The van der Waals surface area contributed by atoms with Gasteiger partial charge in [-0.05, 0) is 5.56 Å². The fourth-order valence-corrected chi connectivity index (χ4v) is 2.34. The summed E-state index contributed by atoms with van der Waals surface area (Å²) in [4.78, 5) is 0. The van der Waals surface area contributed by atoms with Crippen molar-refractivity contribution in [3.63, 3.8) is 0 Å². The molecule has 1 aliphatic heterocycles. The van der Waals surface area contributed by atoms with Crippen molar-refractivity contribution in [2.45, 2.75) is 13.0 Å². The maximum atomic E-state index is 5.65. The minimum absolute atomic E-state index is 0.790. The highest BCUT2D eigenvalue weighted by atomic mass is 15.3. The Hall–Kier alpha value is -0.860. The fourth-order valence-electron chi connectivity index (χ4n) is 2.34. The van der Waals surface area contributed by atoms with Crippen LogP contribution in [0, 0.1) is 0 Å². The van der Waals surface area contributed by atoms with Gasteiger partial charge in [-0.1, -0.05) is 24.3 Å². The fraction of sp³-hybridized carbons (Fsp3) is 0.500. The molecule has 0 spiro atoms. The zero-order chi connectivity index (χ0) is 10.0. The van der Waals surface area contributed by atoms with Crippen LogP contribution in [0.5, 0.6) is 0 Å². The molecule has 0 saturated heterocycles. The van der Waals surface area contributed by atoms with Crippen LogP contribution in [0.3, 0.4) is 0 Å². The van der Waals surface area contributed by atoms with Gasteiger partial charge in [0.2, 0.25) is 0 Å². The van der Waals surface area contributed by atoms with Crippen molar-refractivity contribution in [1.82, 2.24) is 0 Å². The zero-order valence-corrected chi connectivity index (χ0v) is 8.87. The van der Waals surface area contributed by atoms with E-state index in [1.165, 1.54) is 24.1 Å². The average Bonchev–Trinajstić information content (AvgIpc) is 2.17. The minimum Gasteiger partial charge on any atom is -0.326 e. The van der Waals surface area contributed by atoms with Gasteiger partial charge >= 0.3 is 0 Å². The summed E-state index contributed by atoms with van der Waals surface area (Å²) in [7, 11) is 2.31. The smallest absolute Gasteiger partial charge is 0.104 e. The number of hydrogen-bond donors (Lipinski definition) is 1. The Balaban J connectivity index is 2.20. The molecule has 0 bridgehead atoms. The number of hydrogen-bond acceptors (Lipinski definition) is 1. The summed E-state index contributed by atoms with van der Waals surface area (Å²) in [6.07, 6.45) is 1.20. The van der Waals surface area contributed by atoms with E-state index in [4.69, 9.17) is 5.73 Å².